The minimum absolute atomic E-state index is 0.0621. The molecule has 6 heteroatoms. The van der Waals surface area contributed by atoms with E-state index in [1.54, 1.807) is 0 Å². The van der Waals surface area contributed by atoms with Crippen molar-refractivity contribution in [3.8, 4) is 0 Å². The number of carbonyl (C=O) groups excluding carboxylic acids is 1. The Bertz CT molecular complexity index is 472. The Hall–Kier alpha value is -1.82. The number of alkyl carbamates (subject to hydrolysis) is 1. The lowest BCUT2D eigenvalue weighted by molar-refractivity contribution is 0.0582. The van der Waals surface area contributed by atoms with Crippen molar-refractivity contribution in [1.29, 1.82) is 0 Å². The highest BCUT2D eigenvalue weighted by atomic mass is 32.1. The second-order valence-electron chi connectivity index (χ2n) is 5.72. The summed E-state index contributed by atoms with van der Waals surface area (Å²) in [6.07, 6.45) is -0.424. The zero-order chi connectivity index (χ0) is 15.9. The van der Waals surface area contributed by atoms with Crippen molar-refractivity contribution in [2.45, 2.75) is 38.8 Å². The van der Waals surface area contributed by atoms with Crippen LogP contribution in [0.15, 0.2) is 30.3 Å². The van der Waals surface area contributed by atoms with E-state index in [-0.39, 0.29) is 17.3 Å². The zero-order valence-electron chi connectivity index (χ0n) is 12.6. The van der Waals surface area contributed by atoms with Crippen molar-refractivity contribution in [3.63, 3.8) is 0 Å². The summed E-state index contributed by atoms with van der Waals surface area (Å²) < 4.78 is 10.5. The largest absolute Gasteiger partial charge is 0.467 e. The highest BCUT2D eigenvalue weighted by Crippen LogP contribution is 2.08. The molecule has 116 valence electrons. The first-order chi connectivity index (χ1) is 9.76. The summed E-state index contributed by atoms with van der Waals surface area (Å²) in [6.45, 7) is 5.77. The van der Waals surface area contributed by atoms with Crippen LogP contribution in [0.5, 0.6) is 0 Å². The second kappa shape index (κ2) is 7.83. The van der Waals surface area contributed by atoms with Gasteiger partial charge in [-0.15, -0.1) is 0 Å². The molecule has 0 aliphatic heterocycles. The molecule has 1 aromatic rings. The lowest BCUT2D eigenvalue weighted by atomic mass is 10.1. The van der Waals surface area contributed by atoms with Crippen LogP contribution in [0.3, 0.4) is 0 Å². The number of carbonyl (C=O) groups is 1. The average molecular weight is 310 g/mol. The molecule has 1 amide bonds. The van der Waals surface area contributed by atoms with Crippen LogP contribution < -0.4 is 11.1 Å². The quantitative estimate of drug-likeness (QED) is 0.817. The Kier molecular flexibility index (Phi) is 6.42. The molecule has 0 spiro atoms. The Morgan fingerprint density at radius 3 is 2.48 bits per heavy atom. The summed E-state index contributed by atoms with van der Waals surface area (Å²) in [6, 6.07) is 9.70. The number of benzene rings is 1. The molecule has 0 saturated heterocycles. The van der Waals surface area contributed by atoms with Crippen molar-refractivity contribution in [2.24, 2.45) is 5.73 Å². The van der Waals surface area contributed by atoms with E-state index in [0.29, 0.717) is 6.42 Å². The molecule has 21 heavy (non-hydrogen) atoms. The first kappa shape index (κ1) is 17.2. The van der Waals surface area contributed by atoms with Crippen LogP contribution in [0.2, 0.25) is 0 Å². The topological polar surface area (TPSA) is 73.6 Å². The van der Waals surface area contributed by atoms with E-state index in [9.17, 15) is 4.79 Å². The van der Waals surface area contributed by atoms with E-state index in [0.717, 1.165) is 5.56 Å². The average Bonchev–Trinajstić information content (AvgIpc) is 2.34. The van der Waals surface area contributed by atoms with Gasteiger partial charge in [0.2, 0.25) is 0 Å². The number of ether oxygens (including phenoxy) is 2. The van der Waals surface area contributed by atoms with Crippen molar-refractivity contribution >= 4 is 23.5 Å². The molecule has 3 N–H and O–H groups in total. The number of nitrogens with one attached hydrogen (secondary N) is 1. The summed E-state index contributed by atoms with van der Waals surface area (Å²) >= 11 is 4.68. The van der Waals surface area contributed by atoms with Crippen molar-refractivity contribution in [2.75, 3.05) is 6.61 Å². The molecule has 0 radical (unpaired) electrons. The third-order valence-corrected chi connectivity index (χ3v) is 2.59. The molecule has 0 heterocycles. The molecule has 0 aromatic heterocycles. The van der Waals surface area contributed by atoms with Gasteiger partial charge in [0.25, 0.3) is 5.17 Å². The molecule has 0 aliphatic rings. The van der Waals surface area contributed by atoms with E-state index in [1.807, 2.05) is 51.1 Å². The fourth-order valence-electron chi connectivity index (χ4n) is 1.67. The normalized spacial score (nSPS) is 12.3. The van der Waals surface area contributed by atoms with E-state index < -0.39 is 12.2 Å². The summed E-state index contributed by atoms with van der Waals surface area (Å²) in [7, 11) is 0. The highest BCUT2D eigenvalue weighted by molar-refractivity contribution is 7.80. The van der Waals surface area contributed by atoms with Gasteiger partial charge >= 0.3 is 6.09 Å². The predicted molar refractivity (Wildman–Crippen MR) is 86.0 cm³/mol. The van der Waals surface area contributed by atoms with Gasteiger partial charge in [-0.25, -0.2) is 4.79 Å². The Labute approximate surface area is 130 Å². The van der Waals surface area contributed by atoms with Crippen LogP contribution in [0.1, 0.15) is 26.3 Å². The van der Waals surface area contributed by atoms with E-state index in [4.69, 9.17) is 15.2 Å². The Morgan fingerprint density at radius 2 is 1.95 bits per heavy atom. The van der Waals surface area contributed by atoms with Crippen LogP contribution in [0, 0.1) is 0 Å². The highest BCUT2D eigenvalue weighted by Gasteiger charge is 2.20. The van der Waals surface area contributed by atoms with Gasteiger partial charge in [0.15, 0.2) is 0 Å². The molecule has 0 bridgehead atoms. The van der Waals surface area contributed by atoms with Gasteiger partial charge < -0.3 is 20.5 Å². The van der Waals surface area contributed by atoms with Gasteiger partial charge in [-0.3, -0.25) is 0 Å². The van der Waals surface area contributed by atoms with Crippen molar-refractivity contribution in [1.82, 2.24) is 5.32 Å². The molecule has 1 rings (SSSR count). The van der Waals surface area contributed by atoms with Crippen LogP contribution in [0.25, 0.3) is 0 Å². The maximum absolute atomic E-state index is 11.9. The number of nitrogens with two attached hydrogens (primary N) is 1. The summed E-state index contributed by atoms with van der Waals surface area (Å²) in [5.74, 6) is 0. The number of hydrogen-bond acceptors (Lipinski definition) is 4. The number of rotatable bonds is 5. The maximum Gasteiger partial charge on any atom is 0.407 e. The van der Waals surface area contributed by atoms with Gasteiger partial charge in [0, 0.05) is 12.0 Å². The third-order valence-electron chi connectivity index (χ3n) is 2.47. The van der Waals surface area contributed by atoms with Gasteiger partial charge in [0.05, 0.1) is 0 Å². The third kappa shape index (κ3) is 8.14. The Balaban J connectivity index is 2.63. The fourth-order valence-corrected chi connectivity index (χ4v) is 1.74. The molecule has 0 aliphatic carbocycles. The molecule has 1 atom stereocenters. The number of thiocarbonyl (C=S) groups is 1. The fraction of sp³-hybridized carbons (Fsp3) is 0.467. The predicted octanol–water partition coefficient (Wildman–Crippen LogP) is 2.38. The van der Waals surface area contributed by atoms with Crippen LogP contribution in [-0.4, -0.2) is 29.5 Å². The second-order valence-corrected chi connectivity index (χ2v) is 6.12. The molecule has 1 aromatic carbocycles. The monoisotopic (exact) mass is 310 g/mol. The maximum atomic E-state index is 11.9. The zero-order valence-corrected chi connectivity index (χ0v) is 13.4. The Morgan fingerprint density at radius 1 is 1.33 bits per heavy atom. The standard InChI is InChI=1S/C15H22N2O3S/c1-15(2,3)17-14(18)20-12(10-19-13(16)21)9-11-7-5-4-6-8-11/h4-8,12H,9-10H2,1-3H3,(H2,16,21)(H,17,18)/t12-/m1/s1. The molecule has 0 unspecified atom stereocenters. The molecule has 0 saturated carbocycles. The van der Waals surface area contributed by atoms with Gasteiger partial charge in [-0.1, -0.05) is 30.3 Å². The lowest BCUT2D eigenvalue weighted by Crippen LogP contribution is -2.43. The number of amides is 1. The minimum atomic E-state index is -0.491. The van der Waals surface area contributed by atoms with E-state index in [1.165, 1.54) is 0 Å². The van der Waals surface area contributed by atoms with Crippen molar-refractivity contribution < 1.29 is 14.3 Å². The number of hydrogen-bond donors (Lipinski definition) is 2. The van der Waals surface area contributed by atoms with Crippen LogP contribution in [0.4, 0.5) is 4.79 Å². The first-order valence-corrected chi connectivity index (χ1v) is 7.12. The SMILES string of the molecule is CC(C)(C)NC(=O)O[C@@H](COC(N)=S)Cc1ccccc1. The smallest absolute Gasteiger partial charge is 0.407 e. The van der Waals surface area contributed by atoms with E-state index in [2.05, 4.69) is 17.5 Å². The lowest BCUT2D eigenvalue weighted by Gasteiger charge is -2.23. The van der Waals surface area contributed by atoms with Crippen molar-refractivity contribution in [3.05, 3.63) is 35.9 Å². The minimum Gasteiger partial charge on any atom is -0.467 e. The van der Waals surface area contributed by atoms with Gasteiger partial charge in [0.1, 0.15) is 12.7 Å². The first-order valence-electron chi connectivity index (χ1n) is 6.71. The van der Waals surface area contributed by atoms with Crippen LogP contribution in [-0.2, 0) is 15.9 Å². The molecular weight excluding hydrogens is 288 g/mol. The summed E-state index contributed by atoms with van der Waals surface area (Å²) in [5, 5.41) is 2.68. The van der Waals surface area contributed by atoms with Gasteiger partial charge in [-0.05, 0) is 38.6 Å². The molecule has 0 fully saturated rings. The van der Waals surface area contributed by atoms with Crippen LogP contribution >= 0.6 is 12.2 Å². The molecular formula is C15H22N2O3S. The van der Waals surface area contributed by atoms with Gasteiger partial charge in [-0.2, -0.15) is 0 Å². The molecule has 5 nitrogen and oxygen atoms in total. The van der Waals surface area contributed by atoms with E-state index >= 15 is 0 Å². The summed E-state index contributed by atoms with van der Waals surface area (Å²) in [5.41, 5.74) is 6.00. The summed E-state index contributed by atoms with van der Waals surface area (Å²) in [4.78, 5) is 11.9.